The summed E-state index contributed by atoms with van der Waals surface area (Å²) in [6, 6.07) is 16.7. The first-order valence-electron chi connectivity index (χ1n) is 11.9. The first-order chi connectivity index (χ1) is 18.0. The van der Waals surface area contributed by atoms with Crippen molar-refractivity contribution in [3.8, 4) is 5.75 Å². The normalized spacial score (nSPS) is 14.3. The molecule has 0 aliphatic carbocycles. The fourth-order valence-electron chi connectivity index (χ4n) is 4.22. The lowest BCUT2D eigenvalue weighted by molar-refractivity contribution is -0.114. The fourth-order valence-corrected chi connectivity index (χ4v) is 7.37. The Morgan fingerprint density at radius 3 is 2.24 bits per heavy atom. The third kappa shape index (κ3) is 5.80. The van der Waals surface area contributed by atoms with E-state index in [1.54, 1.807) is 31.2 Å². The minimum absolute atomic E-state index is 0.0139. The number of carbonyl (C=O) groups excluding carboxylic acids is 1. The first-order valence-corrected chi connectivity index (χ1v) is 15.1. The van der Waals surface area contributed by atoms with Crippen LogP contribution in [0.3, 0.4) is 0 Å². The van der Waals surface area contributed by atoms with Gasteiger partial charge in [0, 0.05) is 18.1 Å². The largest absolute Gasteiger partial charge is 0.495 e. The maximum absolute atomic E-state index is 13.6. The molecular formula is C26H28ClN3O6S2. The molecule has 9 nitrogen and oxygen atoms in total. The molecule has 1 aliphatic heterocycles. The summed E-state index contributed by atoms with van der Waals surface area (Å²) in [6.07, 6.45) is 1.58. The SMILES string of the molecule is COc1ccc(S(=O)(=O)N2CCCC2)cc1NC(=O)CN(c1ccccc1C)S(=O)(=O)c1ccc(Cl)cc1. The Balaban J connectivity index is 1.67. The molecule has 1 amide bonds. The van der Waals surface area contributed by atoms with E-state index < -0.39 is 32.5 Å². The summed E-state index contributed by atoms with van der Waals surface area (Å²) in [6.45, 7) is 2.05. The van der Waals surface area contributed by atoms with Crippen LogP contribution in [0.25, 0.3) is 0 Å². The van der Waals surface area contributed by atoms with Gasteiger partial charge in [-0.2, -0.15) is 4.31 Å². The molecule has 0 radical (unpaired) electrons. The predicted molar refractivity (Wildman–Crippen MR) is 147 cm³/mol. The zero-order chi connectivity index (χ0) is 27.5. The number of anilines is 2. The minimum atomic E-state index is -4.16. The van der Waals surface area contributed by atoms with E-state index in [4.69, 9.17) is 16.3 Å². The second-order valence-corrected chi connectivity index (χ2v) is 13.0. The summed E-state index contributed by atoms with van der Waals surface area (Å²) in [7, 11) is -6.51. The highest BCUT2D eigenvalue weighted by atomic mass is 35.5. The van der Waals surface area contributed by atoms with Crippen molar-refractivity contribution in [2.24, 2.45) is 0 Å². The van der Waals surface area contributed by atoms with Gasteiger partial charge in [0.1, 0.15) is 12.3 Å². The molecule has 0 spiro atoms. The van der Waals surface area contributed by atoms with Crippen molar-refractivity contribution in [1.29, 1.82) is 0 Å². The van der Waals surface area contributed by atoms with Gasteiger partial charge in [0.05, 0.1) is 28.3 Å². The van der Waals surface area contributed by atoms with E-state index in [0.717, 1.165) is 17.1 Å². The lowest BCUT2D eigenvalue weighted by Gasteiger charge is -2.26. The molecule has 3 aromatic rings. The van der Waals surface area contributed by atoms with E-state index >= 15 is 0 Å². The number of sulfonamides is 2. The zero-order valence-electron chi connectivity index (χ0n) is 20.9. The summed E-state index contributed by atoms with van der Waals surface area (Å²) in [5.74, 6) is -0.443. The molecule has 1 saturated heterocycles. The molecule has 1 heterocycles. The van der Waals surface area contributed by atoms with E-state index in [2.05, 4.69) is 5.32 Å². The second-order valence-electron chi connectivity index (χ2n) is 8.77. The number of para-hydroxylation sites is 1. The highest BCUT2D eigenvalue weighted by Crippen LogP contribution is 2.31. The van der Waals surface area contributed by atoms with Gasteiger partial charge in [-0.05, 0) is 73.9 Å². The Bertz CT molecular complexity index is 1540. The van der Waals surface area contributed by atoms with Crippen molar-refractivity contribution in [3.63, 3.8) is 0 Å². The van der Waals surface area contributed by atoms with E-state index in [1.807, 2.05) is 0 Å². The number of ether oxygens (including phenoxy) is 1. The van der Waals surface area contributed by atoms with Crippen LogP contribution in [0.1, 0.15) is 18.4 Å². The van der Waals surface area contributed by atoms with Crippen LogP contribution in [0, 0.1) is 6.92 Å². The predicted octanol–water partition coefficient (Wildman–Crippen LogP) is 4.28. The van der Waals surface area contributed by atoms with Crippen molar-refractivity contribution < 1.29 is 26.4 Å². The molecule has 0 unspecified atom stereocenters. The molecule has 12 heteroatoms. The fraction of sp³-hybridized carbons (Fsp3) is 0.269. The van der Waals surface area contributed by atoms with Crippen LogP contribution in [-0.4, -0.2) is 53.8 Å². The molecule has 0 aromatic heterocycles. The monoisotopic (exact) mass is 577 g/mol. The lowest BCUT2D eigenvalue weighted by atomic mass is 10.2. The average Bonchev–Trinajstić information content (AvgIpc) is 3.44. The maximum atomic E-state index is 13.6. The lowest BCUT2D eigenvalue weighted by Crippen LogP contribution is -2.38. The number of halogens is 1. The topological polar surface area (TPSA) is 113 Å². The van der Waals surface area contributed by atoms with Gasteiger partial charge in [-0.3, -0.25) is 9.10 Å². The minimum Gasteiger partial charge on any atom is -0.495 e. The number of carbonyl (C=O) groups is 1. The Morgan fingerprint density at radius 1 is 0.974 bits per heavy atom. The Kier molecular flexibility index (Phi) is 8.31. The van der Waals surface area contributed by atoms with Gasteiger partial charge >= 0.3 is 0 Å². The molecular weight excluding hydrogens is 550 g/mol. The number of benzene rings is 3. The summed E-state index contributed by atoms with van der Waals surface area (Å²) >= 11 is 5.94. The molecule has 1 aliphatic rings. The summed E-state index contributed by atoms with van der Waals surface area (Å²) in [4.78, 5) is 13.3. The van der Waals surface area contributed by atoms with E-state index in [0.29, 0.717) is 29.4 Å². The summed E-state index contributed by atoms with van der Waals surface area (Å²) in [5, 5.41) is 3.02. The van der Waals surface area contributed by atoms with E-state index in [-0.39, 0.29) is 21.2 Å². The van der Waals surface area contributed by atoms with Crippen molar-refractivity contribution in [1.82, 2.24) is 4.31 Å². The summed E-state index contributed by atoms with van der Waals surface area (Å²) < 4.78 is 61.1. The average molecular weight is 578 g/mol. The Hall–Kier alpha value is -3.12. The van der Waals surface area contributed by atoms with Crippen molar-refractivity contribution in [2.75, 3.05) is 36.4 Å². The second kappa shape index (κ2) is 11.3. The smallest absolute Gasteiger partial charge is 0.264 e. The van der Waals surface area contributed by atoms with Gasteiger partial charge in [0.25, 0.3) is 10.0 Å². The zero-order valence-corrected chi connectivity index (χ0v) is 23.3. The molecule has 0 bridgehead atoms. The maximum Gasteiger partial charge on any atom is 0.264 e. The third-order valence-corrected chi connectivity index (χ3v) is 10.1. The number of amides is 1. The highest BCUT2D eigenvalue weighted by Gasteiger charge is 2.30. The van der Waals surface area contributed by atoms with Gasteiger partial charge in [0.15, 0.2) is 0 Å². The van der Waals surface area contributed by atoms with Crippen LogP contribution < -0.4 is 14.4 Å². The molecule has 38 heavy (non-hydrogen) atoms. The number of nitrogens with zero attached hydrogens (tertiary/aromatic N) is 2. The van der Waals surface area contributed by atoms with E-state index in [9.17, 15) is 21.6 Å². The van der Waals surface area contributed by atoms with Gasteiger partial charge < -0.3 is 10.1 Å². The van der Waals surface area contributed by atoms with Crippen molar-refractivity contribution in [2.45, 2.75) is 29.6 Å². The van der Waals surface area contributed by atoms with Crippen LogP contribution >= 0.6 is 11.6 Å². The number of nitrogens with one attached hydrogen (secondary N) is 1. The van der Waals surface area contributed by atoms with Crippen LogP contribution in [-0.2, 0) is 24.8 Å². The van der Waals surface area contributed by atoms with Gasteiger partial charge in [-0.15, -0.1) is 0 Å². The Labute approximate surface area is 228 Å². The standard InChI is InChI=1S/C26H28ClN3O6S2/c1-19-7-3-4-8-24(19)30(38(34,35)21-11-9-20(27)10-12-21)18-26(31)28-23-17-22(13-14-25(23)36-2)37(32,33)29-15-5-6-16-29/h3-4,7-14,17H,5-6,15-16,18H2,1-2H3,(H,28,31). The number of methoxy groups -OCH3 is 1. The number of rotatable bonds is 9. The number of hydrogen-bond acceptors (Lipinski definition) is 6. The molecule has 4 rings (SSSR count). The van der Waals surface area contributed by atoms with Crippen LogP contribution in [0.5, 0.6) is 5.75 Å². The van der Waals surface area contributed by atoms with Crippen molar-refractivity contribution >= 4 is 48.9 Å². The molecule has 3 aromatic carbocycles. The molecule has 202 valence electrons. The summed E-state index contributed by atoms with van der Waals surface area (Å²) in [5.41, 5.74) is 1.09. The van der Waals surface area contributed by atoms with Crippen LogP contribution in [0.4, 0.5) is 11.4 Å². The number of hydrogen-bond donors (Lipinski definition) is 1. The van der Waals surface area contributed by atoms with Crippen LogP contribution in [0.15, 0.2) is 76.5 Å². The van der Waals surface area contributed by atoms with Crippen LogP contribution in [0.2, 0.25) is 5.02 Å². The molecule has 1 fully saturated rings. The quantitative estimate of drug-likeness (QED) is 0.406. The first kappa shape index (κ1) is 27.9. The van der Waals surface area contributed by atoms with E-state index in [1.165, 1.54) is 53.9 Å². The van der Waals surface area contributed by atoms with Crippen molar-refractivity contribution in [3.05, 3.63) is 77.3 Å². The van der Waals surface area contributed by atoms with Gasteiger partial charge in [-0.25, -0.2) is 16.8 Å². The number of aryl methyl sites for hydroxylation is 1. The third-order valence-electron chi connectivity index (χ3n) is 6.22. The molecule has 0 atom stereocenters. The van der Waals surface area contributed by atoms with Gasteiger partial charge in [-0.1, -0.05) is 29.8 Å². The molecule has 1 N–H and O–H groups in total. The molecule has 0 saturated carbocycles. The Morgan fingerprint density at radius 2 is 1.61 bits per heavy atom. The highest BCUT2D eigenvalue weighted by molar-refractivity contribution is 7.92. The van der Waals surface area contributed by atoms with Gasteiger partial charge in [0.2, 0.25) is 15.9 Å².